The van der Waals surface area contributed by atoms with Crippen LogP contribution >= 0.6 is 0 Å². The number of nitrogens with one attached hydrogen (secondary N) is 1. The predicted octanol–water partition coefficient (Wildman–Crippen LogP) is 4.46. The first-order chi connectivity index (χ1) is 14.3. The molecule has 6 nitrogen and oxygen atoms in total. The van der Waals surface area contributed by atoms with Gasteiger partial charge in [-0.1, -0.05) is 30.9 Å². The zero-order chi connectivity index (χ0) is 22.1. The van der Waals surface area contributed by atoms with Crippen LogP contribution in [0, 0.1) is 13.8 Å². The maximum absolute atomic E-state index is 12.3. The van der Waals surface area contributed by atoms with Gasteiger partial charge in [-0.15, -0.1) is 0 Å². The summed E-state index contributed by atoms with van der Waals surface area (Å²) in [7, 11) is 1.54. The van der Waals surface area contributed by atoms with E-state index in [1.807, 2.05) is 32.0 Å². The molecule has 1 atom stereocenters. The zero-order valence-electron chi connectivity index (χ0n) is 17.7. The molecule has 0 bridgehead atoms. The molecule has 0 saturated heterocycles. The molecule has 6 heteroatoms. The molecule has 0 unspecified atom stereocenters. The molecule has 2 aromatic carbocycles. The fraction of sp³-hybridized carbons (Fsp3) is 0.250. The Hall–Kier alpha value is -3.54. The number of benzene rings is 2. The van der Waals surface area contributed by atoms with E-state index in [1.165, 1.54) is 20.1 Å². The van der Waals surface area contributed by atoms with Crippen LogP contribution in [0.2, 0.25) is 0 Å². The van der Waals surface area contributed by atoms with Crippen molar-refractivity contribution in [1.29, 1.82) is 0 Å². The van der Waals surface area contributed by atoms with Crippen molar-refractivity contribution in [1.82, 2.24) is 0 Å². The molecule has 30 heavy (non-hydrogen) atoms. The molecule has 0 radical (unpaired) electrons. The van der Waals surface area contributed by atoms with Gasteiger partial charge < -0.3 is 19.5 Å². The second kappa shape index (κ2) is 10.9. The number of anilines is 1. The number of methoxy groups -OCH3 is 1. The monoisotopic (exact) mass is 409 g/mol. The van der Waals surface area contributed by atoms with Crippen molar-refractivity contribution in [2.24, 2.45) is 0 Å². The van der Waals surface area contributed by atoms with Crippen molar-refractivity contribution in [2.45, 2.75) is 26.9 Å². The van der Waals surface area contributed by atoms with Gasteiger partial charge in [0.05, 0.1) is 7.11 Å². The van der Waals surface area contributed by atoms with Gasteiger partial charge in [-0.25, -0.2) is 4.79 Å². The summed E-state index contributed by atoms with van der Waals surface area (Å²) in [5.41, 5.74) is 3.38. The Bertz CT molecular complexity index is 949. The van der Waals surface area contributed by atoms with Crippen molar-refractivity contribution in [3.05, 3.63) is 71.8 Å². The number of rotatable bonds is 9. The molecule has 2 rings (SSSR count). The summed E-state index contributed by atoms with van der Waals surface area (Å²) < 4.78 is 16.0. The summed E-state index contributed by atoms with van der Waals surface area (Å²) in [6.07, 6.45) is 3.55. The molecule has 0 spiro atoms. The normalized spacial score (nSPS) is 11.6. The van der Waals surface area contributed by atoms with Gasteiger partial charge in [0.15, 0.2) is 17.6 Å². The average Bonchev–Trinajstić information content (AvgIpc) is 2.73. The molecule has 0 saturated carbocycles. The molecule has 0 heterocycles. The van der Waals surface area contributed by atoms with Crippen LogP contribution < -0.4 is 14.8 Å². The van der Waals surface area contributed by atoms with Crippen LogP contribution in [0.5, 0.6) is 11.5 Å². The zero-order valence-corrected chi connectivity index (χ0v) is 17.7. The van der Waals surface area contributed by atoms with E-state index < -0.39 is 18.0 Å². The minimum absolute atomic E-state index is 0.361. The van der Waals surface area contributed by atoms with Gasteiger partial charge >= 0.3 is 5.97 Å². The number of hydrogen-bond donors (Lipinski definition) is 1. The highest BCUT2D eigenvalue weighted by Gasteiger charge is 2.17. The quantitative estimate of drug-likeness (QED) is 0.376. The summed E-state index contributed by atoms with van der Waals surface area (Å²) in [4.78, 5) is 24.5. The highest BCUT2D eigenvalue weighted by atomic mass is 16.5. The Kier molecular flexibility index (Phi) is 8.23. The van der Waals surface area contributed by atoms with Gasteiger partial charge in [-0.05, 0) is 61.7 Å². The summed E-state index contributed by atoms with van der Waals surface area (Å²) in [5.74, 6) is 0.0999. The molecule has 0 fully saturated rings. The van der Waals surface area contributed by atoms with E-state index in [0.29, 0.717) is 23.8 Å². The second-order valence-electron chi connectivity index (χ2n) is 6.73. The average molecular weight is 409 g/mol. The van der Waals surface area contributed by atoms with Gasteiger partial charge in [0, 0.05) is 11.8 Å². The van der Waals surface area contributed by atoms with Gasteiger partial charge in [0.25, 0.3) is 5.91 Å². The SMILES string of the molecule is C=CCOc1ccc(/C=C/C(=O)O[C@@H](C)C(=O)Nc2cc(C)ccc2C)cc1OC. The third-order valence-electron chi connectivity index (χ3n) is 4.27. The van der Waals surface area contributed by atoms with Crippen LogP contribution in [-0.4, -0.2) is 31.7 Å². The predicted molar refractivity (Wildman–Crippen MR) is 118 cm³/mol. The van der Waals surface area contributed by atoms with Crippen molar-refractivity contribution in [3.8, 4) is 11.5 Å². The maximum atomic E-state index is 12.3. The Morgan fingerprint density at radius 2 is 1.90 bits per heavy atom. The maximum Gasteiger partial charge on any atom is 0.331 e. The molecule has 2 aromatic rings. The fourth-order valence-electron chi connectivity index (χ4n) is 2.59. The fourth-order valence-corrected chi connectivity index (χ4v) is 2.59. The smallest absolute Gasteiger partial charge is 0.331 e. The Labute approximate surface area is 177 Å². The van der Waals surface area contributed by atoms with Crippen LogP contribution in [0.25, 0.3) is 6.08 Å². The molecule has 0 aromatic heterocycles. The molecule has 1 amide bonds. The summed E-state index contributed by atoms with van der Waals surface area (Å²) >= 11 is 0. The lowest BCUT2D eigenvalue weighted by molar-refractivity contribution is -0.148. The number of carbonyl (C=O) groups excluding carboxylic acids is 2. The van der Waals surface area contributed by atoms with Crippen molar-refractivity contribution >= 4 is 23.6 Å². The number of ether oxygens (including phenoxy) is 3. The van der Waals surface area contributed by atoms with E-state index in [-0.39, 0.29) is 0 Å². The minimum atomic E-state index is -0.939. The number of carbonyl (C=O) groups is 2. The summed E-state index contributed by atoms with van der Waals surface area (Å²) in [6, 6.07) is 11.0. The molecule has 1 N–H and O–H groups in total. The van der Waals surface area contributed by atoms with Crippen LogP contribution in [-0.2, 0) is 14.3 Å². The third kappa shape index (κ3) is 6.51. The number of esters is 1. The second-order valence-corrected chi connectivity index (χ2v) is 6.73. The van der Waals surface area contributed by atoms with E-state index >= 15 is 0 Å². The minimum Gasteiger partial charge on any atom is -0.493 e. The van der Waals surface area contributed by atoms with E-state index in [9.17, 15) is 9.59 Å². The Morgan fingerprint density at radius 1 is 1.13 bits per heavy atom. The standard InChI is InChI=1S/C24H27NO5/c1-6-13-29-21-11-9-19(15-22(21)28-5)10-12-23(26)30-18(4)24(27)25-20-14-16(2)7-8-17(20)3/h6-12,14-15,18H,1,13H2,2-5H3,(H,25,27)/b12-10+/t18-/m0/s1. The van der Waals surface area contributed by atoms with Gasteiger partial charge in [0.2, 0.25) is 0 Å². The van der Waals surface area contributed by atoms with Crippen LogP contribution in [0.4, 0.5) is 5.69 Å². The molecule has 0 aliphatic rings. The number of aryl methyl sites for hydroxylation is 2. The first-order valence-electron chi connectivity index (χ1n) is 9.52. The van der Waals surface area contributed by atoms with Crippen LogP contribution in [0.15, 0.2) is 55.1 Å². The third-order valence-corrected chi connectivity index (χ3v) is 4.27. The van der Waals surface area contributed by atoms with Crippen LogP contribution in [0.3, 0.4) is 0 Å². The lowest BCUT2D eigenvalue weighted by Crippen LogP contribution is -2.29. The number of amides is 1. The highest BCUT2D eigenvalue weighted by molar-refractivity contribution is 5.97. The van der Waals surface area contributed by atoms with E-state index in [0.717, 1.165) is 16.7 Å². The molecule has 0 aliphatic carbocycles. The lowest BCUT2D eigenvalue weighted by atomic mass is 10.1. The van der Waals surface area contributed by atoms with Gasteiger partial charge in [-0.3, -0.25) is 4.79 Å². The molecule has 0 aliphatic heterocycles. The molecular formula is C24H27NO5. The van der Waals surface area contributed by atoms with Crippen molar-refractivity contribution in [2.75, 3.05) is 19.0 Å². The van der Waals surface area contributed by atoms with E-state index in [1.54, 1.807) is 30.4 Å². The van der Waals surface area contributed by atoms with E-state index in [2.05, 4.69) is 11.9 Å². The van der Waals surface area contributed by atoms with E-state index in [4.69, 9.17) is 14.2 Å². The summed E-state index contributed by atoms with van der Waals surface area (Å²) in [5, 5.41) is 2.79. The van der Waals surface area contributed by atoms with Crippen molar-refractivity contribution in [3.63, 3.8) is 0 Å². The Balaban J connectivity index is 1.97. The first-order valence-corrected chi connectivity index (χ1v) is 9.52. The molecular weight excluding hydrogens is 382 g/mol. The Morgan fingerprint density at radius 3 is 2.60 bits per heavy atom. The number of hydrogen-bond acceptors (Lipinski definition) is 5. The molecule has 158 valence electrons. The van der Waals surface area contributed by atoms with Crippen LogP contribution in [0.1, 0.15) is 23.6 Å². The lowest BCUT2D eigenvalue weighted by Gasteiger charge is -2.14. The van der Waals surface area contributed by atoms with Gasteiger partial charge in [-0.2, -0.15) is 0 Å². The first kappa shape index (κ1) is 22.7. The summed E-state index contributed by atoms with van der Waals surface area (Å²) in [6.45, 7) is 9.34. The highest BCUT2D eigenvalue weighted by Crippen LogP contribution is 2.28. The van der Waals surface area contributed by atoms with Gasteiger partial charge in [0.1, 0.15) is 6.61 Å². The topological polar surface area (TPSA) is 73.9 Å². The van der Waals surface area contributed by atoms with Crippen molar-refractivity contribution < 1.29 is 23.8 Å². The largest absolute Gasteiger partial charge is 0.493 e.